The largest absolute Gasteiger partial charge is 0.291 e. The Balaban J connectivity index is 2.11. The summed E-state index contributed by atoms with van der Waals surface area (Å²) in [6.45, 7) is 1.22. The monoisotopic (exact) mass is 287 g/mol. The van der Waals surface area contributed by atoms with Gasteiger partial charge in [-0.15, -0.1) is 0 Å². The molecule has 0 aliphatic heterocycles. The molecule has 1 aromatic carbocycles. The minimum absolute atomic E-state index is 0.120. The molecule has 0 aromatic heterocycles. The normalized spacial score (nSPS) is 23.8. The Morgan fingerprint density at radius 3 is 2.62 bits per heavy atom. The van der Waals surface area contributed by atoms with Gasteiger partial charge in [-0.2, -0.15) is 5.26 Å². The van der Waals surface area contributed by atoms with Crippen molar-refractivity contribution in [3.05, 3.63) is 59.7 Å². The second kappa shape index (κ2) is 5.61. The first kappa shape index (κ1) is 15.1. The van der Waals surface area contributed by atoms with Crippen molar-refractivity contribution in [3.63, 3.8) is 0 Å². The highest BCUT2D eigenvalue weighted by Gasteiger charge is 2.35. The zero-order valence-corrected chi connectivity index (χ0v) is 11.6. The average molecular weight is 287 g/mol. The van der Waals surface area contributed by atoms with Gasteiger partial charge >= 0.3 is 0 Å². The summed E-state index contributed by atoms with van der Waals surface area (Å²) in [6.07, 6.45) is 3.71. The summed E-state index contributed by atoms with van der Waals surface area (Å²) in [5.74, 6) is -0.602. The maximum Gasteiger partial charge on any atom is 0.218 e. The van der Waals surface area contributed by atoms with Crippen LogP contribution in [-0.4, -0.2) is 17.1 Å². The lowest BCUT2D eigenvalue weighted by molar-refractivity contribution is 0.0725. The molecule has 1 aromatic rings. The van der Waals surface area contributed by atoms with Gasteiger partial charge in [0.15, 0.2) is 11.5 Å². The van der Waals surface area contributed by atoms with Gasteiger partial charge in [-0.3, -0.25) is 4.79 Å². The lowest BCUT2D eigenvalue weighted by Gasteiger charge is -2.22. The second-order valence-corrected chi connectivity index (χ2v) is 5.36. The third-order valence-electron chi connectivity index (χ3n) is 3.45. The molecule has 2 unspecified atom stereocenters. The molecule has 0 heterocycles. The van der Waals surface area contributed by atoms with Gasteiger partial charge in [-0.25, -0.2) is 8.78 Å². The fraction of sp³-hybridized carbons (Fsp3) is 0.294. The number of halogens is 2. The number of nitrogens with zero attached hydrogens (tertiary/aromatic N) is 1. The molecule has 2 rings (SSSR count). The van der Waals surface area contributed by atoms with Crippen LogP contribution in [-0.2, 0) is 0 Å². The van der Waals surface area contributed by atoms with Gasteiger partial charge in [0, 0.05) is 18.4 Å². The summed E-state index contributed by atoms with van der Waals surface area (Å²) in [6, 6.07) is 9.78. The van der Waals surface area contributed by atoms with E-state index in [4.69, 9.17) is 5.26 Å². The molecule has 108 valence electrons. The van der Waals surface area contributed by atoms with Gasteiger partial charge < -0.3 is 0 Å². The van der Waals surface area contributed by atoms with Gasteiger partial charge in [0.25, 0.3) is 0 Å². The smallest absolute Gasteiger partial charge is 0.218 e. The first-order chi connectivity index (χ1) is 9.86. The number of hydrogen-bond acceptors (Lipinski definition) is 2. The number of allylic oxidation sites excluding steroid dienone is 4. The topological polar surface area (TPSA) is 40.9 Å². The second-order valence-electron chi connectivity index (χ2n) is 5.36. The summed E-state index contributed by atoms with van der Waals surface area (Å²) in [4.78, 5) is 12.2. The molecule has 21 heavy (non-hydrogen) atoms. The molecular formula is C17H15F2NO. The van der Waals surface area contributed by atoms with E-state index in [0.29, 0.717) is 11.1 Å². The maximum absolute atomic E-state index is 14.6. The van der Waals surface area contributed by atoms with Crippen LogP contribution in [0.25, 0.3) is 0 Å². The van der Waals surface area contributed by atoms with Gasteiger partial charge in [-0.1, -0.05) is 42.5 Å². The van der Waals surface area contributed by atoms with Crippen LogP contribution in [0.2, 0.25) is 0 Å². The van der Waals surface area contributed by atoms with E-state index in [0.717, 1.165) is 6.08 Å². The summed E-state index contributed by atoms with van der Waals surface area (Å²) in [5.41, 5.74) is -3.27. The van der Waals surface area contributed by atoms with Crippen molar-refractivity contribution in [2.45, 2.75) is 31.1 Å². The number of rotatable bonds is 4. The predicted molar refractivity (Wildman–Crippen MR) is 76.2 cm³/mol. The first-order valence-electron chi connectivity index (χ1n) is 6.63. The Morgan fingerprint density at radius 1 is 1.43 bits per heavy atom. The van der Waals surface area contributed by atoms with E-state index < -0.39 is 17.1 Å². The van der Waals surface area contributed by atoms with Crippen LogP contribution in [0.5, 0.6) is 0 Å². The zero-order chi connectivity index (χ0) is 15.5. The lowest BCUT2D eigenvalue weighted by atomic mass is 9.86. The van der Waals surface area contributed by atoms with Crippen LogP contribution >= 0.6 is 0 Å². The van der Waals surface area contributed by atoms with E-state index in [1.54, 1.807) is 36.4 Å². The highest BCUT2D eigenvalue weighted by molar-refractivity contribution is 6.02. The Kier molecular flexibility index (Phi) is 4.04. The zero-order valence-electron chi connectivity index (χ0n) is 11.6. The molecule has 0 fully saturated rings. The lowest BCUT2D eigenvalue weighted by Crippen LogP contribution is -2.31. The highest BCUT2D eigenvalue weighted by Crippen LogP contribution is 2.31. The van der Waals surface area contributed by atoms with Crippen molar-refractivity contribution >= 4 is 5.78 Å². The van der Waals surface area contributed by atoms with E-state index in [1.165, 1.54) is 19.1 Å². The van der Waals surface area contributed by atoms with E-state index in [-0.39, 0.29) is 12.8 Å². The van der Waals surface area contributed by atoms with Crippen LogP contribution in [0.1, 0.15) is 30.1 Å². The van der Waals surface area contributed by atoms with E-state index in [1.807, 2.05) is 0 Å². The fourth-order valence-corrected chi connectivity index (χ4v) is 2.22. The summed E-state index contributed by atoms with van der Waals surface area (Å²) in [7, 11) is 0. The number of Topliss-reactive ketones (excluding diaryl/α,β-unsaturated/α-hetero) is 1. The Labute approximate surface area is 122 Å². The molecule has 1 aliphatic carbocycles. The Hall–Kier alpha value is -2.28. The van der Waals surface area contributed by atoms with Gasteiger partial charge in [0.1, 0.15) is 6.07 Å². The van der Waals surface area contributed by atoms with Gasteiger partial charge in [0.05, 0.1) is 0 Å². The van der Waals surface area contributed by atoms with Crippen molar-refractivity contribution in [2.24, 2.45) is 0 Å². The molecule has 0 N–H and O–H groups in total. The van der Waals surface area contributed by atoms with Crippen LogP contribution in [0.4, 0.5) is 8.78 Å². The minimum atomic E-state index is -2.07. The van der Waals surface area contributed by atoms with Crippen LogP contribution in [0.15, 0.2) is 54.1 Å². The van der Waals surface area contributed by atoms with Gasteiger partial charge in [-0.05, 0) is 18.6 Å². The van der Waals surface area contributed by atoms with Crippen LogP contribution in [0, 0.1) is 11.3 Å². The SMILES string of the molecule is CC(F)(CC1=CCC(F)(C#N)C=C1)C(=O)c1ccccc1. The molecule has 0 saturated heterocycles. The van der Waals surface area contributed by atoms with Crippen molar-refractivity contribution in [3.8, 4) is 6.07 Å². The molecule has 0 radical (unpaired) electrons. The van der Waals surface area contributed by atoms with Crippen molar-refractivity contribution in [1.82, 2.24) is 0 Å². The van der Waals surface area contributed by atoms with E-state index in [2.05, 4.69) is 0 Å². The number of carbonyl (C=O) groups is 1. The van der Waals surface area contributed by atoms with E-state index in [9.17, 15) is 13.6 Å². The molecule has 0 saturated carbocycles. The molecule has 0 spiro atoms. The van der Waals surface area contributed by atoms with Crippen LogP contribution < -0.4 is 0 Å². The maximum atomic E-state index is 14.6. The number of hydrogen-bond donors (Lipinski definition) is 0. The fourth-order valence-electron chi connectivity index (χ4n) is 2.22. The third-order valence-corrected chi connectivity index (χ3v) is 3.45. The highest BCUT2D eigenvalue weighted by atomic mass is 19.1. The number of nitriles is 1. The molecule has 1 aliphatic rings. The Morgan fingerprint density at radius 2 is 2.10 bits per heavy atom. The van der Waals surface area contributed by atoms with E-state index >= 15 is 0 Å². The van der Waals surface area contributed by atoms with Crippen LogP contribution in [0.3, 0.4) is 0 Å². The molecule has 2 nitrogen and oxygen atoms in total. The molecular weight excluding hydrogens is 272 g/mol. The first-order valence-corrected chi connectivity index (χ1v) is 6.63. The number of alkyl halides is 2. The minimum Gasteiger partial charge on any atom is -0.291 e. The van der Waals surface area contributed by atoms with Crippen molar-refractivity contribution in [1.29, 1.82) is 5.26 Å². The summed E-state index contributed by atoms with van der Waals surface area (Å²) in [5, 5.41) is 8.67. The van der Waals surface area contributed by atoms with Gasteiger partial charge in [0.2, 0.25) is 5.67 Å². The molecule has 0 bridgehead atoms. The number of benzene rings is 1. The average Bonchev–Trinajstić information content (AvgIpc) is 2.50. The third kappa shape index (κ3) is 3.43. The summed E-state index contributed by atoms with van der Waals surface area (Å²) >= 11 is 0. The summed E-state index contributed by atoms with van der Waals surface area (Å²) < 4.78 is 28.3. The Bertz CT molecular complexity index is 641. The predicted octanol–water partition coefficient (Wildman–Crippen LogP) is 4.11. The number of carbonyl (C=O) groups excluding carboxylic acids is 1. The standard InChI is InChI=1S/C17H15F2NO/c1-16(18,15(21)14-5-3-2-4-6-14)11-13-7-9-17(19,12-20)10-8-13/h2-9H,10-11H2,1H3. The van der Waals surface area contributed by atoms with Crippen molar-refractivity contribution < 1.29 is 13.6 Å². The number of ketones is 1. The quantitative estimate of drug-likeness (QED) is 0.782. The molecule has 2 atom stereocenters. The molecule has 4 heteroatoms. The van der Waals surface area contributed by atoms with Crippen molar-refractivity contribution in [2.75, 3.05) is 0 Å². The molecule has 0 amide bonds.